The molecule has 5 rings (SSSR count). The summed E-state index contributed by atoms with van der Waals surface area (Å²) >= 11 is 0. The molecule has 2 aliphatic rings. The van der Waals surface area contributed by atoms with Crippen molar-refractivity contribution in [2.24, 2.45) is 0 Å². The number of rotatable bonds is 5. The molecule has 2 aromatic heterocycles. The zero-order valence-electron chi connectivity index (χ0n) is 18.4. The van der Waals surface area contributed by atoms with E-state index in [0.717, 1.165) is 81.4 Å². The van der Waals surface area contributed by atoms with Gasteiger partial charge in [-0.2, -0.15) is 4.98 Å². The van der Waals surface area contributed by atoms with Gasteiger partial charge in [0, 0.05) is 68.6 Å². The van der Waals surface area contributed by atoms with E-state index in [9.17, 15) is 0 Å². The lowest BCUT2D eigenvalue weighted by molar-refractivity contribution is 0.122. The third-order valence-electron chi connectivity index (χ3n) is 5.89. The molecule has 0 amide bonds. The van der Waals surface area contributed by atoms with E-state index in [1.54, 1.807) is 0 Å². The molecule has 0 unspecified atom stereocenters. The maximum Gasteiger partial charge on any atom is 0.227 e. The summed E-state index contributed by atoms with van der Waals surface area (Å²) in [6, 6.07) is 16.5. The zero-order valence-corrected chi connectivity index (χ0v) is 18.4. The molecule has 4 heterocycles. The van der Waals surface area contributed by atoms with Crippen LogP contribution in [0.3, 0.4) is 0 Å². The number of aryl methyl sites for hydroxylation is 1. The lowest BCUT2D eigenvalue weighted by Gasteiger charge is -2.35. The van der Waals surface area contributed by atoms with Gasteiger partial charge in [0.25, 0.3) is 0 Å². The maximum atomic E-state index is 5.45. The first-order chi connectivity index (χ1) is 15.7. The average molecular weight is 432 g/mol. The number of hydrogen-bond acceptors (Lipinski definition) is 8. The van der Waals surface area contributed by atoms with Gasteiger partial charge in [-0.05, 0) is 43.3 Å². The molecule has 0 saturated carbocycles. The van der Waals surface area contributed by atoms with E-state index in [2.05, 4.69) is 55.3 Å². The van der Waals surface area contributed by atoms with Gasteiger partial charge < -0.3 is 24.8 Å². The summed E-state index contributed by atoms with van der Waals surface area (Å²) in [4.78, 5) is 20.9. The Labute approximate surface area is 188 Å². The van der Waals surface area contributed by atoms with E-state index in [0.29, 0.717) is 0 Å². The number of anilines is 5. The predicted octanol–water partition coefficient (Wildman–Crippen LogP) is 3.09. The zero-order chi connectivity index (χ0) is 21.8. The molecule has 2 aliphatic heterocycles. The fourth-order valence-electron chi connectivity index (χ4n) is 4.16. The van der Waals surface area contributed by atoms with Gasteiger partial charge in [0.2, 0.25) is 5.95 Å². The minimum atomic E-state index is 0.776. The van der Waals surface area contributed by atoms with Gasteiger partial charge in [0.1, 0.15) is 11.6 Å². The second kappa shape index (κ2) is 9.40. The van der Waals surface area contributed by atoms with Crippen molar-refractivity contribution >= 4 is 29.0 Å². The van der Waals surface area contributed by atoms with Gasteiger partial charge in [-0.25, -0.2) is 9.97 Å². The second-order valence-electron chi connectivity index (χ2n) is 8.13. The Kier molecular flexibility index (Phi) is 6.02. The van der Waals surface area contributed by atoms with Gasteiger partial charge >= 0.3 is 0 Å². The third-order valence-corrected chi connectivity index (χ3v) is 5.89. The molecular formula is C24H29N7O. The van der Waals surface area contributed by atoms with Crippen LogP contribution in [0.2, 0.25) is 0 Å². The van der Waals surface area contributed by atoms with Crippen molar-refractivity contribution in [3.8, 4) is 0 Å². The van der Waals surface area contributed by atoms with Crippen LogP contribution in [0.5, 0.6) is 0 Å². The van der Waals surface area contributed by atoms with Crippen LogP contribution in [0.15, 0.2) is 54.7 Å². The van der Waals surface area contributed by atoms with Crippen LogP contribution in [0, 0.1) is 6.92 Å². The van der Waals surface area contributed by atoms with Crippen LogP contribution in [0.1, 0.15) is 5.69 Å². The summed E-state index contributed by atoms with van der Waals surface area (Å²) in [7, 11) is 0. The highest BCUT2D eigenvalue weighted by atomic mass is 16.5. The Morgan fingerprint density at radius 3 is 2.28 bits per heavy atom. The Morgan fingerprint density at radius 2 is 1.56 bits per heavy atom. The topological polar surface area (TPSA) is 69.7 Å². The number of benzene rings is 1. The molecule has 3 aromatic rings. The van der Waals surface area contributed by atoms with Crippen molar-refractivity contribution in [3.63, 3.8) is 0 Å². The fraction of sp³-hybridized carbons (Fsp3) is 0.375. The van der Waals surface area contributed by atoms with E-state index in [-0.39, 0.29) is 0 Å². The van der Waals surface area contributed by atoms with Gasteiger partial charge in [0.05, 0.1) is 13.2 Å². The highest BCUT2D eigenvalue weighted by Gasteiger charge is 2.20. The molecule has 8 heteroatoms. The second-order valence-corrected chi connectivity index (χ2v) is 8.13. The van der Waals surface area contributed by atoms with Crippen molar-refractivity contribution < 1.29 is 4.74 Å². The van der Waals surface area contributed by atoms with E-state index in [1.807, 2.05) is 31.3 Å². The quantitative estimate of drug-likeness (QED) is 0.661. The fourth-order valence-corrected chi connectivity index (χ4v) is 4.16. The van der Waals surface area contributed by atoms with E-state index in [4.69, 9.17) is 14.7 Å². The van der Waals surface area contributed by atoms with Crippen LogP contribution in [-0.4, -0.2) is 67.4 Å². The maximum absolute atomic E-state index is 5.45. The molecule has 2 fully saturated rings. The highest BCUT2D eigenvalue weighted by molar-refractivity contribution is 5.62. The Balaban J connectivity index is 1.24. The van der Waals surface area contributed by atoms with E-state index >= 15 is 0 Å². The lowest BCUT2D eigenvalue weighted by Crippen LogP contribution is -2.47. The SMILES string of the molecule is Cc1cc(Nc2ccc(N3CCOCC3)cc2)nc(N2CCN(c3ccccn3)CC2)n1. The van der Waals surface area contributed by atoms with Gasteiger partial charge in [-0.3, -0.25) is 0 Å². The molecule has 0 atom stereocenters. The smallest absolute Gasteiger partial charge is 0.227 e. The number of nitrogens with one attached hydrogen (secondary N) is 1. The summed E-state index contributed by atoms with van der Waals surface area (Å²) in [5.41, 5.74) is 3.20. The normalized spacial score (nSPS) is 16.8. The number of hydrogen-bond donors (Lipinski definition) is 1. The molecule has 1 N–H and O–H groups in total. The molecule has 1 aromatic carbocycles. The first-order valence-corrected chi connectivity index (χ1v) is 11.2. The van der Waals surface area contributed by atoms with Crippen LogP contribution in [-0.2, 0) is 4.74 Å². The molecule has 32 heavy (non-hydrogen) atoms. The molecule has 0 radical (unpaired) electrons. The monoisotopic (exact) mass is 431 g/mol. The molecule has 0 aliphatic carbocycles. The van der Waals surface area contributed by atoms with Crippen molar-refractivity contribution in [2.45, 2.75) is 6.92 Å². The summed E-state index contributed by atoms with van der Waals surface area (Å²) < 4.78 is 5.45. The van der Waals surface area contributed by atoms with Crippen LogP contribution in [0.4, 0.5) is 29.0 Å². The van der Waals surface area contributed by atoms with Crippen LogP contribution in [0.25, 0.3) is 0 Å². The number of piperazine rings is 1. The predicted molar refractivity (Wildman–Crippen MR) is 128 cm³/mol. The summed E-state index contributed by atoms with van der Waals surface area (Å²) in [6.07, 6.45) is 1.84. The van der Waals surface area contributed by atoms with Gasteiger partial charge in [-0.1, -0.05) is 6.07 Å². The number of pyridine rings is 1. The van der Waals surface area contributed by atoms with Crippen LogP contribution >= 0.6 is 0 Å². The number of morpholine rings is 1. The number of ether oxygens (including phenoxy) is 1. The lowest BCUT2D eigenvalue weighted by atomic mass is 10.2. The molecular weight excluding hydrogens is 402 g/mol. The van der Waals surface area contributed by atoms with Crippen molar-refractivity contribution in [1.82, 2.24) is 15.0 Å². The minimum absolute atomic E-state index is 0.776. The number of aromatic nitrogens is 3. The van der Waals surface area contributed by atoms with E-state index < -0.39 is 0 Å². The largest absolute Gasteiger partial charge is 0.378 e. The number of nitrogens with zero attached hydrogens (tertiary/aromatic N) is 6. The molecule has 2 saturated heterocycles. The molecule has 8 nitrogen and oxygen atoms in total. The third kappa shape index (κ3) is 4.75. The Hall–Kier alpha value is -3.39. The van der Waals surface area contributed by atoms with Gasteiger partial charge in [0.15, 0.2) is 0 Å². The molecule has 166 valence electrons. The Morgan fingerprint density at radius 1 is 0.812 bits per heavy atom. The Bertz CT molecular complexity index is 1010. The van der Waals surface area contributed by atoms with Crippen molar-refractivity contribution in [1.29, 1.82) is 0 Å². The molecule has 0 bridgehead atoms. The summed E-state index contributed by atoms with van der Waals surface area (Å²) in [6.45, 7) is 9.02. The van der Waals surface area contributed by atoms with Gasteiger partial charge in [-0.15, -0.1) is 0 Å². The minimum Gasteiger partial charge on any atom is -0.378 e. The molecule has 0 spiro atoms. The first-order valence-electron chi connectivity index (χ1n) is 11.2. The standard InChI is InChI=1S/C24H29N7O/c1-19-18-22(27-20-5-7-21(8-6-20)29-14-16-32-17-15-29)28-24(26-19)31-12-10-30(11-13-31)23-4-2-3-9-25-23/h2-9,18H,10-17H2,1H3,(H,26,27,28). The van der Waals surface area contributed by atoms with Crippen LogP contribution < -0.4 is 20.0 Å². The summed E-state index contributed by atoms with van der Waals surface area (Å²) in [5, 5.41) is 3.45. The first kappa shape index (κ1) is 20.5. The van der Waals surface area contributed by atoms with Crippen molar-refractivity contribution in [3.05, 3.63) is 60.4 Å². The van der Waals surface area contributed by atoms with E-state index in [1.165, 1.54) is 5.69 Å². The summed E-state index contributed by atoms with van der Waals surface area (Å²) in [5.74, 6) is 2.62. The average Bonchev–Trinajstić information content (AvgIpc) is 2.85. The van der Waals surface area contributed by atoms with Crippen molar-refractivity contribution in [2.75, 3.05) is 72.5 Å². The highest BCUT2D eigenvalue weighted by Crippen LogP contribution is 2.23.